The molecule has 0 spiro atoms. The second-order valence-electron chi connectivity index (χ2n) is 6.09. The molecule has 23 heavy (non-hydrogen) atoms. The maximum absolute atomic E-state index is 11.8. The molecule has 2 aromatic rings. The first-order chi connectivity index (χ1) is 11.0. The molecule has 0 unspecified atom stereocenters. The molecular formula is C14H17N3O3S3. The zero-order valence-corrected chi connectivity index (χ0v) is 14.9. The average Bonchev–Trinajstić information content (AvgIpc) is 2.91. The van der Waals surface area contributed by atoms with Gasteiger partial charge in [0.2, 0.25) is 0 Å². The van der Waals surface area contributed by atoms with Crippen LogP contribution in [-0.2, 0) is 16.5 Å². The van der Waals surface area contributed by atoms with Gasteiger partial charge in [0.1, 0.15) is 0 Å². The van der Waals surface area contributed by atoms with Crippen molar-refractivity contribution in [2.24, 2.45) is 0 Å². The molecule has 2 aromatic heterocycles. The Morgan fingerprint density at radius 3 is 2.83 bits per heavy atom. The lowest BCUT2D eigenvalue weighted by molar-refractivity contribution is 0.143. The number of thiophene rings is 1. The molecule has 124 valence electrons. The fourth-order valence-corrected chi connectivity index (χ4v) is 5.59. The van der Waals surface area contributed by atoms with Crippen molar-refractivity contribution in [1.82, 2.24) is 14.7 Å². The Morgan fingerprint density at radius 1 is 1.39 bits per heavy atom. The molecule has 3 heterocycles. The summed E-state index contributed by atoms with van der Waals surface area (Å²) in [6, 6.07) is 4.39. The van der Waals surface area contributed by atoms with Crippen LogP contribution in [0, 0.1) is 4.84 Å². The highest BCUT2D eigenvalue weighted by atomic mass is 32.2. The Balaban J connectivity index is 1.57. The maximum atomic E-state index is 11.8. The summed E-state index contributed by atoms with van der Waals surface area (Å²) in [5.41, 5.74) is 0. The average molecular weight is 372 g/mol. The van der Waals surface area contributed by atoms with E-state index in [1.807, 2.05) is 17.5 Å². The predicted octanol–water partition coefficient (Wildman–Crippen LogP) is 2.54. The van der Waals surface area contributed by atoms with Gasteiger partial charge in [0, 0.05) is 12.1 Å². The van der Waals surface area contributed by atoms with Crippen molar-refractivity contribution in [1.29, 1.82) is 0 Å². The normalized spacial score (nSPS) is 23.6. The van der Waals surface area contributed by atoms with Crippen molar-refractivity contribution < 1.29 is 12.8 Å². The molecule has 0 aromatic carbocycles. The second kappa shape index (κ2) is 5.80. The third-order valence-corrected chi connectivity index (χ3v) is 7.23. The SMILES string of the molecule is O=S1(=O)CC[C@@H](N(Cn2nc(-c3cccs3)oc2=S)C2CC2)C1. The third-order valence-electron chi connectivity index (χ3n) is 4.33. The third kappa shape index (κ3) is 3.28. The van der Waals surface area contributed by atoms with Gasteiger partial charge in [-0.25, -0.2) is 13.1 Å². The second-order valence-corrected chi connectivity index (χ2v) is 9.62. The number of rotatable bonds is 5. The van der Waals surface area contributed by atoms with Crippen molar-refractivity contribution >= 4 is 33.4 Å². The van der Waals surface area contributed by atoms with E-state index in [4.69, 9.17) is 16.6 Å². The zero-order chi connectivity index (χ0) is 16.0. The Labute approximate surface area is 143 Å². The molecule has 1 saturated carbocycles. The van der Waals surface area contributed by atoms with Crippen LogP contribution >= 0.6 is 23.6 Å². The van der Waals surface area contributed by atoms with Crippen LogP contribution in [-0.4, -0.2) is 46.7 Å². The molecule has 0 N–H and O–H groups in total. The molecule has 1 atom stereocenters. The van der Waals surface area contributed by atoms with E-state index in [0.29, 0.717) is 29.9 Å². The van der Waals surface area contributed by atoms with Crippen molar-refractivity contribution in [2.75, 3.05) is 11.5 Å². The Hall–Kier alpha value is -1.03. The topological polar surface area (TPSA) is 68.3 Å². The minimum Gasteiger partial charge on any atom is -0.408 e. The van der Waals surface area contributed by atoms with Crippen LogP contribution in [0.5, 0.6) is 0 Å². The Kier molecular flexibility index (Phi) is 3.91. The first-order valence-corrected chi connectivity index (χ1v) is 10.7. The molecule has 9 heteroatoms. The smallest absolute Gasteiger partial charge is 0.288 e. The van der Waals surface area contributed by atoms with Crippen molar-refractivity contribution in [3.63, 3.8) is 0 Å². The van der Waals surface area contributed by atoms with Gasteiger partial charge in [0.25, 0.3) is 10.7 Å². The van der Waals surface area contributed by atoms with Gasteiger partial charge < -0.3 is 4.42 Å². The van der Waals surface area contributed by atoms with E-state index < -0.39 is 9.84 Å². The largest absolute Gasteiger partial charge is 0.408 e. The summed E-state index contributed by atoms with van der Waals surface area (Å²) in [4.78, 5) is 3.51. The minimum absolute atomic E-state index is 0.0660. The number of hydrogen-bond acceptors (Lipinski definition) is 7. The van der Waals surface area contributed by atoms with Crippen molar-refractivity contribution in [3.05, 3.63) is 22.4 Å². The summed E-state index contributed by atoms with van der Waals surface area (Å²) in [7, 11) is -2.90. The Bertz CT molecular complexity index is 849. The molecule has 6 nitrogen and oxygen atoms in total. The molecule has 1 saturated heterocycles. The number of aromatic nitrogens is 2. The highest BCUT2D eigenvalue weighted by Crippen LogP contribution is 2.33. The van der Waals surface area contributed by atoms with Gasteiger partial charge in [-0.1, -0.05) is 6.07 Å². The van der Waals surface area contributed by atoms with Gasteiger partial charge >= 0.3 is 0 Å². The number of hydrogen-bond donors (Lipinski definition) is 0. The van der Waals surface area contributed by atoms with Gasteiger partial charge in [-0.3, -0.25) is 4.90 Å². The zero-order valence-electron chi connectivity index (χ0n) is 12.4. The quantitative estimate of drug-likeness (QED) is 0.753. The van der Waals surface area contributed by atoms with Gasteiger partial charge in [0.15, 0.2) is 9.84 Å². The van der Waals surface area contributed by atoms with E-state index in [1.165, 1.54) is 0 Å². The summed E-state index contributed by atoms with van der Waals surface area (Å²) in [5, 5.41) is 6.44. The van der Waals surface area contributed by atoms with Crippen LogP contribution in [0.3, 0.4) is 0 Å². The lowest BCUT2D eigenvalue weighted by atomic mass is 10.2. The van der Waals surface area contributed by atoms with Crippen LogP contribution < -0.4 is 0 Å². The van der Waals surface area contributed by atoms with Crippen LogP contribution in [0.4, 0.5) is 0 Å². The molecule has 1 aliphatic heterocycles. The highest BCUT2D eigenvalue weighted by Gasteiger charge is 2.40. The summed E-state index contributed by atoms with van der Waals surface area (Å²) >= 11 is 6.84. The van der Waals surface area contributed by atoms with Gasteiger partial charge in [-0.2, -0.15) is 0 Å². The standard InChI is InChI=1S/C14H17N3O3S3/c18-23(19)7-5-11(8-23)16(10-3-4-10)9-17-14(21)20-13(15-17)12-2-1-6-22-12/h1-2,6,10-11H,3-5,7-9H2/t11-/m1/s1. The van der Waals surface area contributed by atoms with Gasteiger partial charge in [-0.15, -0.1) is 16.4 Å². The van der Waals surface area contributed by atoms with Crippen molar-refractivity contribution in [2.45, 2.75) is 38.0 Å². The number of nitrogens with zero attached hydrogens (tertiary/aromatic N) is 3. The summed E-state index contributed by atoms with van der Waals surface area (Å²) < 4.78 is 30.8. The maximum Gasteiger partial charge on any atom is 0.288 e. The molecule has 4 rings (SSSR count). The Morgan fingerprint density at radius 2 is 2.22 bits per heavy atom. The van der Waals surface area contributed by atoms with Crippen LogP contribution in [0.15, 0.2) is 21.9 Å². The number of sulfone groups is 1. The molecule has 1 aliphatic carbocycles. The monoisotopic (exact) mass is 371 g/mol. The van der Waals surface area contributed by atoms with E-state index in [9.17, 15) is 8.42 Å². The van der Waals surface area contributed by atoms with Crippen LogP contribution in [0.2, 0.25) is 0 Å². The molecule has 0 bridgehead atoms. The van der Waals surface area contributed by atoms with Crippen LogP contribution in [0.1, 0.15) is 19.3 Å². The highest BCUT2D eigenvalue weighted by molar-refractivity contribution is 7.91. The van der Waals surface area contributed by atoms with Crippen LogP contribution in [0.25, 0.3) is 10.8 Å². The first-order valence-electron chi connectivity index (χ1n) is 7.60. The molecule has 0 radical (unpaired) electrons. The lowest BCUT2D eigenvalue weighted by Gasteiger charge is -2.27. The van der Waals surface area contributed by atoms with Gasteiger partial charge in [0.05, 0.1) is 23.1 Å². The van der Waals surface area contributed by atoms with E-state index in [-0.39, 0.29) is 17.5 Å². The molecule has 2 aliphatic rings. The summed E-state index contributed by atoms with van der Waals surface area (Å²) in [5.74, 6) is 1.05. The van der Waals surface area contributed by atoms with E-state index in [1.54, 1.807) is 16.0 Å². The summed E-state index contributed by atoms with van der Waals surface area (Å²) in [6.07, 6.45) is 2.92. The van der Waals surface area contributed by atoms with E-state index in [2.05, 4.69) is 10.00 Å². The predicted molar refractivity (Wildman–Crippen MR) is 90.6 cm³/mol. The summed E-state index contributed by atoms with van der Waals surface area (Å²) in [6.45, 7) is 0.499. The first kappa shape index (κ1) is 15.5. The molecule has 0 amide bonds. The van der Waals surface area contributed by atoms with E-state index in [0.717, 1.165) is 17.7 Å². The van der Waals surface area contributed by atoms with Crippen molar-refractivity contribution in [3.8, 4) is 10.8 Å². The lowest BCUT2D eigenvalue weighted by Crippen LogP contribution is -2.39. The fraction of sp³-hybridized carbons (Fsp3) is 0.571. The van der Waals surface area contributed by atoms with E-state index >= 15 is 0 Å². The molecular weight excluding hydrogens is 354 g/mol. The fourth-order valence-electron chi connectivity index (χ4n) is 3.02. The van der Waals surface area contributed by atoms with Gasteiger partial charge in [-0.05, 0) is 42.9 Å². The minimum atomic E-state index is -2.90. The molecule has 2 fully saturated rings.